The van der Waals surface area contributed by atoms with Crippen molar-refractivity contribution < 1.29 is 0 Å². The quantitative estimate of drug-likeness (QED) is 0.162. The zero-order valence-corrected chi connectivity index (χ0v) is 42.1. The Kier molecular flexibility index (Phi) is 8.02. The Bertz CT molecular complexity index is 4230. The molecular formula is C77H46. The fourth-order valence-electron chi connectivity index (χ4n) is 16.1. The van der Waals surface area contributed by atoms with Gasteiger partial charge >= 0.3 is 0 Å². The lowest BCUT2D eigenvalue weighted by molar-refractivity contribution is 0.767. The summed E-state index contributed by atoms with van der Waals surface area (Å²) in [4.78, 5) is 0. The summed E-state index contributed by atoms with van der Waals surface area (Å²) in [6.07, 6.45) is 4.75. The molecule has 0 heteroatoms. The predicted molar refractivity (Wildman–Crippen MR) is 316 cm³/mol. The minimum atomic E-state index is -0.623. The molecule has 6 aliphatic carbocycles. The summed E-state index contributed by atoms with van der Waals surface area (Å²) < 4.78 is 0. The lowest BCUT2D eigenvalue weighted by Gasteiger charge is -2.36. The van der Waals surface area contributed by atoms with Gasteiger partial charge in [-0.25, -0.2) is 0 Å². The standard InChI is InChI=1S/C77H46/c1-9-25-63-53(17-1)54-18-2-10-26-64(54)75(63)67-29-13-7-23-59(67)61-41-39-51(45-73(61)75)49-37-35-47-33-34-48-36-38-50(44-72(48)77(71(47)43-49)69-31-15-5-21-57(69)58-22-6-16-32-70(58)77)52-40-42-62-60-24-8-14-30-68(60)76(74(62)46-52)65-27-11-3-19-55(65)56-20-4-12-28-66(56)76/h1-46H. The summed E-state index contributed by atoms with van der Waals surface area (Å²) in [5.41, 5.74) is 35.2. The zero-order chi connectivity index (χ0) is 50.2. The van der Waals surface area contributed by atoms with Gasteiger partial charge in [0.25, 0.3) is 0 Å². The maximum Gasteiger partial charge on any atom is 0.0725 e. The van der Waals surface area contributed by atoms with Crippen molar-refractivity contribution >= 4 is 12.2 Å². The van der Waals surface area contributed by atoms with Gasteiger partial charge in [-0.05, 0) is 180 Å². The zero-order valence-electron chi connectivity index (χ0n) is 42.1. The van der Waals surface area contributed by atoms with Crippen molar-refractivity contribution in [1.29, 1.82) is 0 Å². The molecule has 12 aromatic carbocycles. The molecule has 0 unspecified atom stereocenters. The Morgan fingerprint density at radius 1 is 0.156 bits per heavy atom. The fourth-order valence-corrected chi connectivity index (χ4v) is 16.1. The topological polar surface area (TPSA) is 0 Å². The van der Waals surface area contributed by atoms with E-state index >= 15 is 0 Å². The van der Waals surface area contributed by atoms with Gasteiger partial charge in [0.05, 0.1) is 16.2 Å². The van der Waals surface area contributed by atoms with Crippen molar-refractivity contribution in [3.05, 3.63) is 345 Å². The third kappa shape index (κ3) is 4.97. The molecule has 0 atom stereocenters. The molecule has 0 heterocycles. The minimum Gasteiger partial charge on any atom is -0.0619 e. The first kappa shape index (κ1) is 41.7. The highest BCUT2D eigenvalue weighted by Crippen LogP contribution is 2.66. The van der Waals surface area contributed by atoms with Crippen LogP contribution in [0, 0.1) is 0 Å². The highest BCUT2D eigenvalue weighted by atomic mass is 14.5. The predicted octanol–water partition coefficient (Wildman–Crippen LogP) is 18.6. The molecule has 12 aromatic rings. The van der Waals surface area contributed by atoms with Crippen molar-refractivity contribution in [1.82, 2.24) is 0 Å². The number of hydrogen-bond acceptors (Lipinski definition) is 0. The van der Waals surface area contributed by atoms with E-state index in [1.807, 2.05) is 0 Å². The second kappa shape index (κ2) is 14.8. The van der Waals surface area contributed by atoms with Crippen LogP contribution in [-0.4, -0.2) is 0 Å². The van der Waals surface area contributed by atoms with Crippen LogP contribution in [0.1, 0.15) is 77.9 Å². The van der Waals surface area contributed by atoms with Crippen LogP contribution in [0.25, 0.3) is 90.0 Å². The molecule has 0 saturated heterocycles. The lowest BCUT2D eigenvalue weighted by Crippen LogP contribution is -2.30. The van der Waals surface area contributed by atoms with Crippen molar-refractivity contribution in [3.8, 4) is 77.9 Å². The van der Waals surface area contributed by atoms with E-state index in [-0.39, 0.29) is 0 Å². The van der Waals surface area contributed by atoms with Crippen LogP contribution in [0.5, 0.6) is 0 Å². The maximum atomic E-state index is 2.55. The summed E-state index contributed by atoms with van der Waals surface area (Å²) in [5, 5.41) is 0. The van der Waals surface area contributed by atoms with Crippen LogP contribution in [0.15, 0.2) is 267 Å². The van der Waals surface area contributed by atoms with Crippen LogP contribution < -0.4 is 0 Å². The molecule has 3 spiro atoms. The van der Waals surface area contributed by atoms with E-state index in [1.54, 1.807) is 0 Å². The Hall–Kier alpha value is -9.62. The van der Waals surface area contributed by atoms with Crippen LogP contribution in [0.4, 0.5) is 0 Å². The normalized spacial score (nSPS) is 15.3. The largest absolute Gasteiger partial charge is 0.0725 e. The summed E-state index contributed by atoms with van der Waals surface area (Å²) in [6.45, 7) is 0. The smallest absolute Gasteiger partial charge is 0.0619 e. The Morgan fingerprint density at radius 2 is 0.351 bits per heavy atom. The lowest BCUT2D eigenvalue weighted by atomic mass is 9.65. The van der Waals surface area contributed by atoms with Gasteiger partial charge in [-0.1, -0.05) is 255 Å². The van der Waals surface area contributed by atoms with Gasteiger partial charge in [0.15, 0.2) is 0 Å². The van der Waals surface area contributed by atoms with Crippen molar-refractivity contribution in [2.45, 2.75) is 16.2 Å². The first-order valence-corrected chi connectivity index (χ1v) is 27.2. The van der Waals surface area contributed by atoms with E-state index in [1.165, 1.54) is 156 Å². The van der Waals surface area contributed by atoms with E-state index in [0.29, 0.717) is 0 Å². The molecule has 0 aliphatic heterocycles. The number of benzene rings is 12. The van der Waals surface area contributed by atoms with Gasteiger partial charge < -0.3 is 0 Å². The highest BCUT2D eigenvalue weighted by Gasteiger charge is 2.54. The summed E-state index contributed by atoms with van der Waals surface area (Å²) in [6, 6.07) is 102. The van der Waals surface area contributed by atoms with Gasteiger partial charge in [-0.15, -0.1) is 0 Å². The number of hydrogen-bond donors (Lipinski definition) is 0. The third-order valence-corrected chi connectivity index (χ3v) is 19.0. The molecule has 18 rings (SSSR count). The van der Waals surface area contributed by atoms with Gasteiger partial charge in [0, 0.05) is 0 Å². The second-order valence-electron chi connectivity index (χ2n) is 22.1. The molecule has 0 fully saturated rings. The summed E-state index contributed by atoms with van der Waals surface area (Å²) in [7, 11) is 0. The fraction of sp³-hybridized carbons (Fsp3) is 0.0390. The van der Waals surface area contributed by atoms with Crippen LogP contribution >= 0.6 is 0 Å². The average Bonchev–Trinajstić information content (AvgIpc) is 4.34. The monoisotopic (exact) mass is 970 g/mol. The van der Waals surface area contributed by atoms with E-state index in [2.05, 4.69) is 279 Å². The van der Waals surface area contributed by atoms with Crippen LogP contribution in [0.2, 0.25) is 0 Å². The molecule has 77 heavy (non-hydrogen) atoms. The molecule has 0 amide bonds. The summed E-state index contributed by atoms with van der Waals surface area (Å²) in [5.74, 6) is 0. The molecule has 0 aromatic heterocycles. The number of rotatable bonds is 2. The van der Waals surface area contributed by atoms with E-state index < -0.39 is 16.2 Å². The molecular weight excluding hydrogens is 925 g/mol. The Balaban J connectivity index is 0.863. The van der Waals surface area contributed by atoms with E-state index in [0.717, 1.165) is 0 Å². The van der Waals surface area contributed by atoms with Gasteiger partial charge in [-0.2, -0.15) is 0 Å². The van der Waals surface area contributed by atoms with Crippen LogP contribution in [0.3, 0.4) is 0 Å². The van der Waals surface area contributed by atoms with Gasteiger partial charge in [0.2, 0.25) is 0 Å². The van der Waals surface area contributed by atoms with Gasteiger partial charge in [0.1, 0.15) is 0 Å². The van der Waals surface area contributed by atoms with Crippen molar-refractivity contribution in [3.63, 3.8) is 0 Å². The molecule has 0 saturated carbocycles. The third-order valence-electron chi connectivity index (χ3n) is 19.0. The van der Waals surface area contributed by atoms with Crippen molar-refractivity contribution in [2.75, 3.05) is 0 Å². The Morgan fingerprint density at radius 3 is 0.610 bits per heavy atom. The van der Waals surface area contributed by atoms with E-state index in [4.69, 9.17) is 0 Å². The molecule has 0 radical (unpaired) electrons. The first-order chi connectivity index (χ1) is 38.2. The minimum absolute atomic E-state index is 0.423. The van der Waals surface area contributed by atoms with Crippen molar-refractivity contribution in [2.24, 2.45) is 0 Å². The Labute approximate surface area is 448 Å². The molecule has 0 bridgehead atoms. The first-order valence-electron chi connectivity index (χ1n) is 27.2. The van der Waals surface area contributed by atoms with Crippen LogP contribution in [-0.2, 0) is 16.2 Å². The molecule has 6 aliphatic rings. The molecule has 0 nitrogen and oxygen atoms in total. The van der Waals surface area contributed by atoms with E-state index in [9.17, 15) is 0 Å². The maximum absolute atomic E-state index is 2.55. The molecule has 0 N–H and O–H groups in total. The highest BCUT2D eigenvalue weighted by molar-refractivity contribution is 5.99. The average molecular weight is 971 g/mol. The molecule has 354 valence electrons. The SMILES string of the molecule is C1=Cc2ccc(-c3ccc4c(c3)C3(c5ccccc5-c5ccccc53)c3ccccc3-4)cc2C2(c3cc(-c4ccc5c(c4)C4(c6ccccc6-c6ccccc64)c4ccccc4-5)ccc31)c1ccccc1-c1ccccc12. The second-order valence-corrected chi connectivity index (χ2v) is 22.1. The van der Waals surface area contributed by atoms with Gasteiger partial charge in [-0.3, -0.25) is 0 Å². The number of fused-ring (bicyclic) bond motifs is 29. The summed E-state index contributed by atoms with van der Waals surface area (Å²) >= 11 is 0.